The topological polar surface area (TPSA) is 29.5 Å². The zero-order valence-electron chi connectivity index (χ0n) is 9.11. The Morgan fingerprint density at radius 2 is 2.13 bits per heavy atom. The van der Waals surface area contributed by atoms with Crippen molar-refractivity contribution in [3.8, 4) is 5.75 Å². The third kappa shape index (κ3) is 4.58. The van der Waals surface area contributed by atoms with E-state index in [9.17, 15) is 0 Å². The quantitative estimate of drug-likeness (QED) is 0.724. The van der Waals surface area contributed by atoms with Crippen molar-refractivity contribution in [1.29, 1.82) is 0 Å². The Morgan fingerprint density at radius 1 is 1.33 bits per heavy atom. The van der Waals surface area contributed by atoms with Gasteiger partial charge in [-0.3, -0.25) is 0 Å². The van der Waals surface area contributed by atoms with Crippen LogP contribution in [0.2, 0.25) is 0 Å². The van der Waals surface area contributed by atoms with Crippen molar-refractivity contribution in [2.24, 2.45) is 0 Å². The number of benzene rings is 1. The van der Waals surface area contributed by atoms with Crippen molar-refractivity contribution < 1.29 is 9.84 Å². The molecule has 0 aliphatic rings. The van der Waals surface area contributed by atoms with Crippen molar-refractivity contribution in [2.45, 2.75) is 13.3 Å². The second-order valence-electron chi connectivity index (χ2n) is 3.13. The molecule has 1 aromatic rings. The van der Waals surface area contributed by atoms with Gasteiger partial charge in [-0.1, -0.05) is 25.1 Å². The lowest BCUT2D eigenvalue weighted by Gasteiger charge is -2.10. The van der Waals surface area contributed by atoms with E-state index >= 15 is 0 Å². The van der Waals surface area contributed by atoms with Gasteiger partial charge in [0.15, 0.2) is 0 Å². The molecule has 3 heteroatoms. The summed E-state index contributed by atoms with van der Waals surface area (Å²) in [4.78, 5) is 0. The summed E-state index contributed by atoms with van der Waals surface area (Å²) in [5.74, 6) is 3.05. The zero-order valence-corrected chi connectivity index (χ0v) is 9.93. The molecule has 0 aliphatic heterocycles. The van der Waals surface area contributed by atoms with E-state index in [0.29, 0.717) is 6.42 Å². The number of aliphatic hydroxyl groups is 1. The van der Waals surface area contributed by atoms with Gasteiger partial charge in [0.2, 0.25) is 0 Å². The van der Waals surface area contributed by atoms with Gasteiger partial charge < -0.3 is 9.84 Å². The van der Waals surface area contributed by atoms with Gasteiger partial charge >= 0.3 is 0 Å². The minimum Gasteiger partial charge on any atom is -0.492 e. The first-order chi connectivity index (χ1) is 7.38. The molecule has 0 bridgehead atoms. The molecule has 0 amide bonds. The first-order valence-corrected chi connectivity index (χ1v) is 6.43. The summed E-state index contributed by atoms with van der Waals surface area (Å²) in [6, 6.07) is 7.89. The van der Waals surface area contributed by atoms with E-state index in [0.717, 1.165) is 29.4 Å². The molecule has 0 spiro atoms. The zero-order chi connectivity index (χ0) is 10.9. The number of aliphatic hydroxyl groups excluding tert-OH is 1. The molecule has 0 radical (unpaired) electrons. The van der Waals surface area contributed by atoms with E-state index < -0.39 is 0 Å². The minimum absolute atomic E-state index is 0.171. The third-order valence-electron chi connectivity index (χ3n) is 2.04. The Balaban J connectivity index is 2.44. The first-order valence-electron chi connectivity index (χ1n) is 5.27. The lowest BCUT2D eigenvalue weighted by Crippen LogP contribution is -2.03. The Hall–Kier alpha value is -0.670. The Labute approximate surface area is 95.7 Å². The maximum Gasteiger partial charge on any atom is 0.122 e. The fourth-order valence-corrected chi connectivity index (χ4v) is 1.82. The highest BCUT2D eigenvalue weighted by Gasteiger charge is 2.01. The monoisotopic (exact) mass is 226 g/mol. The standard InChI is InChI=1S/C12H18O2S/c1-2-15-10-9-14-12-6-4-3-5-11(12)7-8-13/h3-6,13H,2,7-10H2,1H3. The van der Waals surface area contributed by atoms with Crippen LogP contribution in [-0.4, -0.2) is 29.8 Å². The molecule has 0 heterocycles. The molecule has 84 valence electrons. The molecular formula is C12H18O2S. The number of hydrogen-bond donors (Lipinski definition) is 1. The van der Waals surface area contributed by atoms with E-state index in [1.54, 1.807) is 0 Å². The number of ether oxygens (including phenoxy) is 1. The molecule has 0 aliphatic carbocycles. The van der Waals surface area contributed by atoms with Crippen LogP contribution < -0.4 is 4.74 Å². The van der Waals surface area contributed by atoms with Crippen molar-refractivity contribution >= 4 is 11.8 Å². The molecule has 0 atom stereocenters. The van der Waals surface area contributed by atoms with Gasteiger partial charge in [0.05, 0.1) is 6.61 Å². The number of thioether (sulfide) groups is 1. The molecule has 1 aromatic carbocycles. The maximum absolute atomic E-state index is 8.89. The van der Waals surface area contributed by atoms with Crippen LogP contribution in [0, 0.1) is 0 Å². The molecule has 1 rings (SSSR count). The second-order valence-corrected chi connectivity index (χ2v) is 4.52. The van der Waals surface area contributed by atoms with Crippen LogP contribution in [0.5, 0.6) is 5.75 Å². The fraction of sp³-hybridized carbons (Fsp3) is 0.500. The van der Waals surface area contributed by atoms with Crippen LogP contribution in [0.3, 0.4) is 0 Å². The summed E-state index contributed by atoms with van der Waals surface area (Å²) >= 11 is 1.87. The average molecular weight is 226 g/mol. The van der Waals surface area contributed by atoms with E-state index in [-0.39, 0.29) is 6.61 Å². The van der Waals surface area contributed by atoms with Gasteiger partial charge in [0, 0.05) is 12.4 Å². The molecule has 1 N–H and O–H groups in total. The number of para-hydroxylation sites is 1. The average Bonchev–Trinajstić information content (AvgIpc) is 2.27. The van der Waals surface area contributed by atoms with Crippen molar-refractivity contribution in [3.05, 3.63) is 29.8 Å². The highest BCUT2D eigenvalue weighted by Crippen LogP contribution is 2.18. The summed E-state index contributed by atoms with van der Waals surface area (Å²) in [5.41, 5.74) is 1.08. The second kappa shape index (κ2) is 7.60. The minimum atomic E-state index is 0.171. The van der Waals surface area contributed by atoms with E-state index in [1.165, 1.54) is 0 Å². The van der Waals surface area contributed by atoms with Crippen LogP contribution in [-0.2, 0) is 6.42 Å². The van der Waals surface area contributed by atoms with Crippen LogP contribution >= 0.6 is 11.8 Å². The summed E-state index contributed by atoms with van der Waals surface area (Å²) in [5, 5.41) is 8.89. The molecular weight excluding hydrogens is 208 g/mol. The summed E-state index contributed by atoms with van der Waals surface area (Å²) in [7, 11) is 0. The first kappa shape index (κ1) is 12.4. The van der Waals surface area contributed by atoms with Crippen molar-refractivity contribution in [1.82, 2.24) is 0 Å². The molecule has 0 saturated heterocycles. The highest BCUT2D eigenvalue weighted by molar-refractivity contribution is 7.99. The third-order valence-corrected chi connectivity index (χ3v) is 2.91. The molecule has 0 fully saturated rings. The summed E-state index contributed by atoms with van der Waals surface area (Å²) in [6.07, 6.45) is 0.664. The van der Waals surface area contributed by atoms with Crippen LogP contribution in [0.4, 0.5) is 0 Å². The summed E-state index contributed by atoms with van der Waals surface area (Å²) < 4.78 is 5.66. The molecule has 15 heavy (non-hydrogen) atoms. The van der Waals surface area contributed by atoms with Gasteiger partial charge in [0.1, 0.15) is 5.75 Å². The van der Waals surface area contributed by atoms with Gasteiger partial charge in [-0.25, -0.2) is 0 Å². The molecule has 0 unspecified atom stereocenters. The Morgan fingerprint density at radius 3 is 2.87 bits per heavy atom. The van der Waals surface area contributed by atoms with E-state index in [2.05, 4.69) is 6.92 Å². The maximum atomic E-state index is 8.89. The molecule has 0 aromatic heterocycles. The van der Waals surface area contributed by atoms with Crippen LogP contribution in [0.25, 0.3) is 0 Å². The number of rotatable bonds is 7. The smallest absolute Gasteiger partial charge is 0.122 e. The van der Waals surface area contributed by atoms with Gasteiger partial charge in [-0.05, 0) is 23.8 Å². The largest absolute Gasteiger partial charge is 0.492 e. The van der Waals surface area contributed by atoms with E-state index in [4.69, 9.17) is 9.84 Å². The molecule has 2 nitrogen and oxygen atoms in total. The van der Waals surface area contributed by atoms with Gasteiger partial charge in [-0.15, -0.1) is 0 Å². The van der Waals surface area contributed by atoms with Crippen LogP contribution in [0.1, 0.15) is 12.5 Å². The van der Waals surface area contributed by atoms with Crippen LogP contribution in [0.15, 0.2) is 24.3 Å². The van der Waals surface area contributed by atoms with Gasteiger partial charge in [0.25, 0.3) is 0 Å². The lowest BCUT2D eigenvalue weighted by molar-refractivity contribution is 0.293. The normalized spacial score (nSPS) is 10.3. The highest BCUT2D eigenvalue weighted by atomic mass is 32.2. The fourth-order valence-electron chi connectivity index (χ4n) is 1.33. The molecule has 0 saturated carbocycles. The van der Waals surface area contributed by atoms with E-state index in [1.807, 2.05) is 36.0 Å². The number of hydrogen-bond acceptors (Lipinski definition) is 3. The Bertz CT molecular complexity index is 276. The lowest BCUT2D eigenvalue weighted by atomic mass is 10.1. The van der Waals surface area contributed by atoms with Crippen molar-refractivity contribution in [3.63, 3.8) is 0 Å². The predicted molar refractivity (Wildman–Crippen MR) is 65.7 cm³/mol. The summed E-state index contributed by atoms with van der Waals surface area (Å²) in [6.45, 7) is 3.05. The SMILES string of the molecule is CCSCCOc1ccccc1CCO. The Kier molecular flexibility index (Phi) is 6.28. The predicted octanol–water partition coefficient (Wildman–Crippen LogP) is 2.35. The van der Waals surface area contributed by atoms with Crippen molar-refractivity contribution in [2.75, 3.05) is 24.7 Å². The van der Waals surface area contributed by atoms with Gasteiger partial charge in [-0.2, -0.15) is 11.8 Å².